The first kappa shape index (κ1) is 21.5. The normalized spacial score (nSPS) is 15.6. The van der Waals surface area contributed by atoms with Crippen LogP contribution in [0.15, 0.2) is 59.5 Å². The largest absolute Gasteiger partial charge is 0.328 e. The number of quaternary nitrogens is 1. The van der Waals surface area contributed by atoms with E-state index in [-0.39, 0.29) is 10.8 Å². The van der Waals surface area contributed by atoms with E-state index in [0.717, 1.165) is 19.6 Å². The maximum atomic E-state index is 13.0. The maximum Gasteiger partial charge on any atom is 0.254 e. The van der Waals surface area contributed by atoms with Crippen LogP contribution >= 0.6 is 0 Å². The molecule has 1 fully saturated rings. The lowest BCUT2D eigenvalue weighted by Gasteiger charge is -2.32. The molecule has 3 rings (SSSR count). The molecule has 0 spiro atoms. The summed E-state index contributed by atoms with van der Waals surface area (Å²) in [4.78, 5) is 16.4. The van der Waals surface area contributed by atoms with E-state index in [1.807, 2.05) is 36.9 Å². The van der Waals surface area contributed by atoms with E-state index in [1.165, 1.54) is 20.8 Å². The number of sulfonamides is 1. The minimum absolute atomic E-state index is 0.0969. The van der Waals surface area contributed by atoms with Gasteiger partial charge in [-0.1, -0.05) is 50.2 Å². The number of hydrogen-bond acceptors (Lipinski definition) is 3. The van der Waals surface area contributed by atoms with Crippen molar-refractivity contribution in [2.75, 3.05) is 39.3 Å². The van der Waals surface area contributed by atoms with Gasteiger partial charge < -0.3 is 9.80 Å². The average molecular weight is 417 g/mol. The van der Waals surface area contributed by atoms with E-state index < -0.39 is 10.0 Å². The average Bonchev–Trinajstić information content (AvgIpc) is 2.75. The smallest absolute Gasteiger partial charge is 0.254 e. The van der Waals surface area contributed by atoms with Gasteiger partial charge in [0, 0.05) is 24.2 Å². The van der Waals surface area contributed by atoms with Crippen molar-refractivity contribution < 1.29 is 18.1 Å². The Morgan fingerprint density at radius 2 is 1.66 bits per heavy atom. The highest BCUT2D eigenvalue weighted by molar-refractivity contribution is 7.89. The molecule has 1 aliphatic heterocycles. The summed E-state index contributed by atoms with van der Waals surface area (Å²) >= 11 is 0. The number of carbonyl (C=O) groups excluding carboxylic acids is 1. The van der Waals surface area contributed by atoms with Gasteiger partial charge in [0.25, 0.3) is 5.91 Å². The third-order valence-corrected chi connectivity index (χ3v) is 7.52. The van der Waals surface area contributed by atoms with Crippen molar-refractivity contribution in [1.82, 2.24) is 9.21 Å². The molecule has 0 aromatic heterocycles. The molecule has 0 aliphatic carbocycles. The highest BCUT2D eigenvalue weighted by Gasteiger charge is 2.27. The van der Waals surface area contributed by atoms with Gasteiger partial charge in [-0.05, 0) is 18.2 Å². The highest BCUT2D eigenvalue weighted by Crippen LogP contribution is 2.18. The molecule has 2 aromatic rings. The Labute approximate surface area is 173 Å². The van der Waals surface area contributed by atoms with Gasteiger partial charge in [-0.3, -0.25) is 4.79 Å². The van der Waals surface area contributed by atoms with Gasteiger partial charge in [-0.15, -0.1) is 0 Å². The number of hydrogen-bond donors (Lipinski definition) is 1. The molecule has 6 nitrogen and oxygen atoms in total. The van der Waals surface area contributed by atoms with Crippen LogP contribution in [-0.2, 0) is 16.6 Å². The molecule has 0 saturated carbocycles. The molecule has 156 valence electrons. The molecule has 29 heavy (non-hydrogen) atoms. The van der Waals surface area contributed by atoms with E-state index in [1.54, 1.807) is 18.2 Å². The van der Waals surface area contributed by atoms with E-state index in [0.29, 0.717) is 31.7 Å². The minimum Gasteiger partial charge on any atom is -0.328 e. The van der Waals surface area contributed by atoms with Crippen LogP contribution in [0.1, 0.15) is 29.8 Å². The summed E-state index contributed by atoms with van der Waals surface area (Å²) in [6.45, 7) is 8.52. The van der Waals surface area contributed by atoms with Gasteiger partial charge >= 0.3 is 0 Å². The standard InChI is InChI=1S/C22H29N3O3S/c1-3-25(4-2)29(27,28)21-12-8-11-20(17-21)22(26)24-15-13-23(14-16-24)18-19-9-6-5-7-10-19/h5-12,17H,3-4,13-16,18H2,1-2H3/p+1. The zero-order chi connectivity index (χ0) is 20.9. The first-order chi connectivity index (χ1) is 14.0. The minimum atomic E-state index is -3.57. The molecule has 2 aromatic carbocycles. The quantitative estimate of drug-likeness (QED) is 0.739. The van der Waals surface area contributed by atoms with Crippen LogP contribution in [-0.4, -0.2) is 62.8 Å². The van der Waals surface area contributed by atoms with Crippen LogP contribution in [0.5, 0.6) is 0 Å². The Hall–Kier alpha value is -2.22. The molecule has 1 heterocycles. The lowest BCUT2D eigenvalue weighted by atomic mass is 10.1. The molecule has 0 unspecified atom stereocenters. The van der Waals surface area contributed by atoms with Gasteiger partial charge in [-0.25, -0.2) is 8.42 Å². The number of piperazine rings is 1. The number of nitrogens with zero attached hydrogens (tertiary/aromatic N) is 2. The molecule has 1 amide bonds. The Morgan fingerprint density at radius 1 is 1.00 bits per heavy atom. The van der Waals surface area contributed by atoms with Crippen LogP contribution < -0.4 is 4.90 Å². The third kappa shape index (κ3) is 5.04. The van der Waals surface area contributed by atoms with Crippen molar-refractivity contribution in [2.45, 2.75) is 25.3 Å². The van der Waals surface area contributed by atoms with Crippen LogP contribution in [0.3, 0.4) is 0 Å². The molecule has 1 N–H and O–H groups in total. The van der Waals surface area contributed by atoms with Crippen molar-refractivity contribution in [3.05, 3.63) is 65.7 Å². The second-order valence-corrected chi connectivity index (χ2v) is 9.26. The molecular formula is C22H30N3O3S+. The number of amides is 1. The summed E-state index contributed by atoms with van der Waals surface area (Å²) in [7, 11) is -3.57. The van der Waals surface area contributed by atoms with Crippen molar-refractivity contribution in [2.24, 2.45) is 0 Å². The molecule has 1 aliphatic rings. The van der Waals surface area contributed by atoms with Crippen LogP contribution in [0.2, 0.25) is 0 Å². The molecule has 0 bridgehead atoms. The lowest BCUT2D eigenvalue weighted by molar-refractivity contribution is -0.917. The number of benzene rings is 2. The number of rotatable bonds is 7. The highest BCUT2D eigenvalue weighted by atomic mass is 32.2. The Kier molecular flexibility index (Phi) is 7.05. The van der Waals surface area contributed by atoms with Gasteiger partial charge in [-0.2, -0.15) is 4.31 Å². The first-order valence-electron chi connectivity index (χ1n) is 10.2. The van der Waals surface area contributed by atoms with Gasteiger partial charge in [0.15, 0.2) is 0 Å². The number of carbonyl (C=O) groups is 1. The van der Waals surface area contributed by atoms with Gasteiger partial charge in [0.05, 0.1) is 31.1 Å². The van der Waals surface area contributed by atoms with Gasteiger partial charge in [0.2, 0.25) is 10.0 Å². The fraction of sp³-hybridized carbons (Fsp3) is 0.409. The molecular weight excluding hydrogens is 386 g/mol. The van der Waals surface area contributed by atoms with E-state index >= 15 is 0 Å². The second-order valence-electron chi connectivity index (χ2n) is 7.32. The summed E-state index contributed by atoms with van der Waals surface area (Å²) in [6.07, 6.45) is 0. The van der Waals surface area contributed by atoms with Crippen molar-refractivity contribution in [1.29, 1.82) is 0 Å². The fourth-order valence-corrected chi connectivity index (χ4v) is 5.28. The van der Waals surface area contributed by atoms with Crippen molar-refractivity contribution >= 4 is 15.9 Å². The first-order valence-corrected chi connectivity index (χ1v) is 11.7. The Morgan fingerprint density at radius 3 is 2.28 bits per heavy atom. The molecule has 0 radical (unpaired) electrons. The Bertz CT molecular complexity index is 919. The molecule has 1 saturated heterocycles. The topological polar surface area (TPSA) is 62.1 Å². The van der Waals surface area contributed by atoms with Crippen molar-refractivity contribution in [3.63, 3.8) is 0 Å². The predicted molar refractivity (Wildman–Crippen MR) is 113 cm³/mol. The molecule has 0 atom stereocenters. The van der Waals surface area contributed by atoms with Gasteiger partial charge in [0.1, 0.15) is 6.54 Å². The Balaban J connectivity index is 1.66. The SMILES string of the molecule is CCN(CC)S(=O)(=O)c1cccc(C(=O)N2CC[NH+](Cc3ccccc3)CC2)c1. The summed E-state index contributed by atoms with van der Waals surface area (Å²) in [5.41, 5.74) is 1.74. The van der Waals surface area contributed by atoms with Crippen molar-refractivity contribution in [3.8, 4) is 0 Å². The summed E-state index contributed by atoms with van der Waals surface area (Å²) in [5, 5.41) is 0. The van der Waals surface area contributed by atoms with E-state index in [9.17, 15) is 13.2 Å². The van der Waals surface area contributed by atoms with E-state index in [2.05, 4.69) is 12.1 Å². The second kappa shape index (κ2) is 9.52. The summed E-state index contributed by atoms with van der Waals surface area (Å²) in [6, 6.07) is 16.8. The maximum absolute atomic E-state index is 13.0. The van der Waals surface area contributed by atoms with E-state index in [4.69, 9.17) is 0 Å². The zero-order valence-electron chi connectivity index (χ0n) is 17.2. The summed E-state index contributed by atoms with van der Waals surface area (Å²) in [5.74, 6) is -0.0969. The summed E-state index contributed by atoms with van der Waals surface area (Å²) < 4.78 is 26.9. The monoisotopic (exact) mass is 416 g/mol. The lowest BCUT2D eigenvalue weighted by Crippen LogP contribution is -3.13. The fourth-order valence-electron chi connectivity index (χ4n) is 3.77. The zero-order valence-corrected chi connectivity index (χ0v) is 18.0. The van der Waals surface area contributed by atoms with Crippen LogP contribution in [0.4, 0.5) is 0 Å². The third-order valence-electron chi connectivity index (χ3n) is 5.48. The molecule has 7 heteroatoms. The number of nitrogens with one attached hydrogen (secondary N) is 1. The van der Waals surface area contributed by atoms with Crippen LogP contribution in [0.25, 0.3) is 0 Å². The predicted octanol–water partition coefficient (Wildman–Crippen LogP) is 1.26. The van der Waals surface area contributed by atoms with Crippen LogP contribution in [0, 0.1) is 0 Å².